The number of nitrogens with zero attached hydrogens (tertiary/aromatic N) is 1. The van der Waals surface area contributed by atoms with E-state index in [1.165, 1.54) is 6.20 Å². The summed E-state index contributed by atoms with van der Waals surface area (Å²) in [6, 6.07) is 0. The van der Waals surface area contributed by atoms with Gasteiger partial charge in [-0.1, -0.05) is 26.7 Å². The Balaban J connectivity index is 2.76. The van der Waals surface area contributed by atoms with E-state index in [2.05, 4.69) is 14.9 Å². The van der Waals surface area contributed by atoms with Gasteiger partial charge in [-0.2, -0.15) is 5.10 Å². The Bertz CT molecular complexity index is 437. The molecule has 6 nitrogen and oxygen atoms in total. The lowest BCUT2D eigenvalue weighted by Gasteiger charge is -2.13. The van der Waals surface area contributed by atoms with Crippen molar-refractivity contribution >= 4 is 10.0 Å². The van der Waals surface area contributed by atoms with Crippen LogP contribution in [0.1, 0.15) is 32.3 Å². The van der Waals surface area contributed by atoms with Crippen LogP contribution >= 0.6 is 0 Å². The first kappa shape index (κ1) is 14.1. The minimum atomic E-state index is -3.60. The molecule has 1 rings (SSSR count). The van der Waals surface area contributed by atoms with Crippen molar-refractivity contribution in [2.45, 2.75) is 38.3 Å². The molecule has 0 aromatic carbocycles. The Hall–Kier alpha value is -0.920. The molecule has 0 atom stereocenters. The first-order valence-corrected chi connectivity index (χ1v) is 7.16. The highest BCUT2D eigenvalue weighted by molar-refractivity contribution is 7.89. The van der Waals surface area contributed by atoms with E-state index in [0.717, 1.165) is 12.8 Å². The number of H-pyrrole nitrogens is 1. The molecule has 0 fully saturated rings. The Morgan fingerprint density at radius 3 is 2.65 bits per heavy atom. The van der Waals surface area contributed by atoms with Crippen molar-refractivity contribution in [3.63, 3.8) is 0 Å². The molecule has 1 heterocycles. The zero-order valence-electron chi connectivity index (χ0n) is 10.1. The van der Waals surface area contributed by atoms with Crippen molar-refractivity contribution in [2.24, 2.45) is 5.92 Å². The molecule has 0 saturated heterocycles. The summed E-state index contributed by atoms with van der Waals surface area (Å²) >= 11 is 0. The lowest BCUT2D eigenvalue weighted by atomic mass is 10.0. The van der Waals surface area contributed by atoms with Gasteiger partial charge in [0.2, 0.25) is 0 Å². The van der Waals surface area contributed by atoms with E-state index in [1.807, 2.05) is 13.8 Å². The van der Waals surface area contributed by atoms with Gasteiger partial charge in [0.25, 0.3) is 10.0 Å². The maximum Gasteiger partial charge on any atom is 0.257 e. The topological polar surface area (TPSA) is 95.1 Å². The van der Waals surface area contributed by atoms with Crippen molar-refractivity contribution in [2.75, 3.05) is 6.54 Å². The van der Waals surface area contributed by atoms with Crippen LogP contribution in [-0.4, -0.2) is 30.3 Å². The van der Waals surface area contributed by atoms with Gasteiger partial charge in [-0.15, -0.1) is 0 Å². The molecule has 1 aromatic heterocycles. The predicted octanol–water partition coefficient (Wildman–Crippen LogP) is 0.617. The molecule has 98 valence electrons. The number of hydrogen-bond donors (Lipinski definition) is 3. The number of aliphatic hydroxyl groups is 1. The van der Waals surface area contributed by atoms with Crippen LogP contribution in [0.5, 0.6) is 0 Å². The van der Waals surface area contributed by atoms with Crippen molar-refractivity contribution in [3.8, 4) is 0 Å². The fourth-order valence-electron chi connectivity index (χ4n) is 1.52. The minimum Gasteiger partial charge on any atom is -0.392 e. The van der Waals surface area contributed by atoms with E-state index in [9.17, 15) is 8.42 Å². The number of sulfonamides is 1. The molecule has 1 aromatic rings. The second-order valence-corrected chi connectivity index (χ2v) is 5.62. The Labute approximate surface area is 101 Å². The first-order valence-electron chi connectivity index (χ1n) is 5.67. The maximum absolute atomic E-state index is 11.9. The lowest BCUT2D eigenvalue weighted by Crippen LogP contribution is -2.30. The fourth-order valence-corrected chi connectivity index (χ4v) is 2.76. The molecule has 0 aliphatic rings. The first-order chi connectivity index (χ1) is 8.05. The molecule has 0 unspecified atom stereocenters. The third-order valence-electron chi connectivity index (χ3n) is 2.83. The van der Waals surface area contributed by atoms with E-state index in [0.29, 0.717) is 12.5 Å². The summed E-state index contributed by atoms with van der Waals surface area (Å²) in [5.74, 6) is 0.324. The van der Waals surface area contributed by atoms with Crippen molar-refractivity contribution in [3.05, 3.63) is 11.8 Å². The van der Waals surface area contributed by atoms with Crippen molar-refractivity contribution < 1.29 is 13.5 Å². The molecule has 17 heavy (non-hydrogen) atoms. The monoisotopic (exact) mass is 261 g/mol. The summed E-state index contributed by atoms with van der Waals surface area (Å²) in [5.41, 5.74) is 0.280. The highest BCUT2D eigenvalue weighted by atomic mass is 32.2. The standard InChI is InChI=1S/C10H19N3O3S/c1-3-8(4-2)5-12-17(15,16)10-9(7-14)6-11-13-10/h6,8,12,14H,3-5,7H2,1-2H3,(H,11,13). The summed E-state index contributed by atoms with van der Waals surface area (Å²) in [7, 11) is -3.60. The van der Waals surface area contributed by atoms with Gasteiger partial charge in [-0.05, 0) is 5.92 Å². The molecule has 3 N–H and O–H groups in total. The molecule has 0 saturated carbocycles. The average Bonchev–Trinajstić information content (AvgIpc) is 2.79. The number of rotatable bonds is 7. The van der Waals surface area contributed by atoms with Gasteiger partial charge in [0.05, 0.1) is 12.8 Å². The number of aromatic amines is 1. The highest BCUT2D eigenvalue weighted by Gasteiger charge is 2.20. The van der Waals surface area contributed by atoms with Gasteiger partial charge in [-0.25, -0.2) is 13.1 Å². The zero-order valence-corrected chi connectivity index (χ0v) is 10.9. The van der Waals surface area contributed by atoms with Crippen LogP contribution in [0, 0.1) is 5.92 Å². The van der Waals surface area contributed by atoms with E-state index < -0.39 is 10.0 Å². The molecule has 7 heteroatoms. The zero-order chi connectivity index (χ0) is 12.9. The van der Waals surface area contributed by atoms with Gasteiger partial charge in [0.1, 0.15) is 0 Å². The van der Waals surface area contributed by atoms with Crippen LogP contribution in [0.15, 0.2) is 11.2 Å². The summed E-state index contributed by atoms with van der Waals surface area (Å²) in [6.07, 6.45) is 3.16. The van der Waals surface area contributed by atoms with Crippen LogP contribution in [-0.2, 0) is 16.6 Å². The molecule has 0 aliphatic carbocycles. The number of aromatic nitrogens is 2. The second kappa shape index (κ2) is 6.13. The normalized spacial score (nSPS) is 12.2. The maximum atomic E-state index is 11.9. The van der Waals surface area contributed by atoms with Crippen LogP contribution in [0.2, 0.25) is 0 Å². The largest absolute Gasteiger partial charge is 0.392 e. The molecule has 0 aliphatic heterocycles. The van der Waals surface area contributed by atoms with Crippen LogP contribution in [0.25, 0.3) is 0 Å². The Kier molecular flexibility index (Phi) is 5.10. The second-order valence-electron chi connectivity index (χ2n) is 3.92. The quantitative estimate of drug-likeness (QED) is 0.670. The van der Waals surface area contributed by atoms with E-state index in [4.69, 9.17) is 5.11 Å². The lowest BCUT2D eigenvalue weighted by molar-refractivity contribution is 0.278. The number of hydrogen-bond acceptors (Lipinski definition) is 4. The molecular weight excluding hydrogens is 242 g/mol. The van der Waals surface area contributed by atoms with E-state index >= 15 is 0 Å². The minimum absolute atomic E-state index is 0.0500. The van der Waals surface area contributed by atoms with Crippen LogP contribution in [0.4, 0.5) is 0 Å². The Morgan fingerprint density at radius 2 is 2.12 bits per heavy atom. The molecule has 0 amide bonds. The summed E-state index contributed by atoms with van der Waals surface area (Å²) in [5, 5.41) is 15.0. The third-order valence-corrected chi connectivity index (χ3v) is 4.27. The Morgan fingerprint density at radius 1 is 1.47 bits per heavy atom. The smallest absolute Gasteiger partial charge is 0.257 e. The van der Waals surface area contributed by atoms with Gasteiger partial charge in [0.15, 0.2) is 5.03 Å². The average molecular weight is 261 g/mol. The van der Waals surface area contributed by atoms with E-state index in [-0.39, 0.29) is 17.2 Å². The molecule has 0 radical (unpaired) electrons. The number of nitrogens with one attached hydrogen (secondary N) is 2. The van der Waals surface area contributed by atoms with E-state index in [1.54, 1.807) is 0 Å². The fraction of sp³-hybridized carbons (Fsp3) is 0.700. The van der Waals surface area contributed by atoms with Crippen LogP contribution in [0.3, 0.4) is 0 Å². The van der Waals surface area contributed by atoms with Gasteiger partial charge >= 0.3 is 0 Å². The van der Waals surface area contributed by atoms with Gasteiger partial charge in [-0.3, -0.25) is 5.10 Å². The summed E-state index contributed by atoms with van der Waals surface area (Å²) in [6.45, 7) is 4.10. The van der Waals surface area contributed by atoms with Gasteiger partial charge < -0.3 is 5.11 Å². The van der Waals surface area contributed by atoms with Crippen LogP contribution < -0.4 is 4.72 Å². The molecule has 0 bridgehead atoms. The van der Waals surface area contributed by atoms with Crippen molar-refractivity contribution in [1.82, 2.24) is 14.9 Å². The van der Waals surface area contributed by atoms with Gasteiger partial charge in [0, 0.05) is 12.1 Å². The molecule has 0 spiro atoms. The number of aliphatic hydroxyl groups excluding tert-OH is 1. The third kappa shape index (κ3) is 3.52. The predicted molar refractivity (Wildman–Crippen MR) is 63.8 cm³/mol. The summed E-state index contributed by atoms with van der Waals surface area (Å²) < 4.78 is 26.4. The highest BCUT2D eigenvalue weighted by Crippen LogP contribution is 2.13. The SMILES string of the molecule is CCC(CC)CNS(=O)(=O)c1[nH]ncc1CO. The summed E-state index contributed by atoms with van der Waals surface area (Å²) in [4.78, 5) is 0. The van der Waals surface area contributed by atoms with Crippen molar-refractivity contribution in [1.29, 1.82) is 0 Å². The molecular formula is C10H19N3O3S.